The second-order valence-electron chi connectivity index (χ2n) is 7.23. The van der Waals surface area contributed by atoms with Crippen LogP contribution in [0.2, 0.25) is 0 Å². The molecular formula is C20H24N2O4. The Labute approximate surface area is 152 Å². The molecule has 0 saturated carbocycles. The molecule has 138 valence electrons. The molecule has 0 unspecified atom stereocenters. The van der Waals surface area contributed by atoms with E-state index in [0.717, 1.165) is 15.8 Å². The SMILES string of the molecule is CCOC(=O)c1cc(C(=O)C(C)(C)C)nn(-c2ccc(C)c(C)c2)c1=O. The highest BCUT2D eigenvalue weighted by Crippen LogP contribution is 2.20. The van der Waals surface area contributed by atoms with Gasteiger partial charge in [0.2, 0.25) is 0 Å². The van der Waals surface area contributed by atoms with Crippen LogP contribution in [0, 0.1) is 19.3 Å². The molecule has 0 spiro atoms. The summed E-state index contributed by atoms with van der Waals surface area (Å²) in [5.74, 6) is -1.03. The smallest absolute Gasteiger partial charge is 0.343 e. The Morgan fingerprint density at radius 2 is 1.77 bits per heavy atom. The van der Waals surface area contributed by atoms with Crippen molar-refractivity contribution in [1.29, 1.82) is 0 Å². The first-order valence-electron chi connectivity index (χ1n) is 8.50. The summed E-state index contributed by atoms with van der Waals surface area (Å²) in [5.41, 5.74) is 1.07. The minimum absolute atomic E-state index is 0.0541. The number of nitrogens with zero attached hydrogens (tertiary/aromatic N) is 2. The lowest BCUT2D eigenvalue weighted by Gasteiger charge is -2.17. The van der Waals surface area contributed by atoms with E-state index in [9.17, 15) is 14.4 Å². The number of aromatic nitrogens is 2. The van der Waals surface area contributed by atoms with E-state index in [1.807, 2.05) is 19.9 Å². The van der Waals surface area contributed by atoms with Gasteiger partial charge in [0.05, 0.1) is 12.3 Å². The molecule has 0 atom stereocenters. The van der Waals surface area contributed by atoms with E-state index < -0.39 is 16.9 Å². The summed E-state index contributed by atoms with van der Waals surface area (Å²) < 4.78 is 6.07. The Hall–Kier alpha value is -2.76. The van der Waals surface area contributed by atoms with Gasteiger partial charge in [-0.15, -0.1) is 0 Å². The number of esters is 1. The van der Waals surface area contributed by atoms with Crippen LogP contribution < -0.4 is 5.56 Å². The quantitative estimate of drug-likeness (QED) is 0.621. The Bertz CT molecular complexity index is 920. The third-order valence-electron chi connectivity index (χ3n) is 4.06. The third-order valence-corrected chi connectivity index (χ3v) is 4.06. The number of rotatable bonds is 4. The maximum atomic E-state index is 12.8. The van der Waals surface area contributed by atoms with Crippen molar-refractivity contribution in [3.63, 3.8) is 0 Å². The van der Waals surface area contributed by atoms with Crippen LogP contribution in [-0.2, 0) is 4.74 Å². The lowest BCUT2D eigenvalue weighted by Crippen LogP contribution is -2.32. The Morgan fingerprint density at radius 1 is 1.12 bits per heavy atom. The molecule has 0 saturated heterocycles. The van der Waals surface area contributed by atoms with Gasteiger partial charge in [-0.1, -0.05) is 26.8 Å². The molecular weight excluding hydrogens is 332 g/mol. The Kier molecular flexibility index (Phi) is 5.44. The van der Waals surface area contributed by atoms with Gasteiger partial charge in [-0.25, -0.2) is 4.79 Å². The average molecular weight is 356 g/mol. The zero-order chi connectivity index (χ0) is 19.6. The highest BCUT2D eigenvalue weighted by atomic mass is 16.5. The van der Waals surface area contributed by atoms with E-state index in [2.05, 4.69) is 5.10 Å². The van der Waals surface area contributed by atoms with Crippen LogP contribution >= 0.6 is 0 Å². The fraction of sp³-hybridized carbons (Fsp3) is 0.400. The summed E-state index contributed by atoms with van der Waals surface area (Å²) in [6.07, 6.45) is 0. The maximum Gasteiger partial charge on any atom is 0.343 e. The molecule has 1 aromatic carbocycles. The van der Waals surface area contributed by atoms with E-state index in [4.69, 9.17) is 4.74 Å². The van der Waals surface area contributed by atoms with E-state index >= 15 is 0 Å². The summed E-state index contributed by atoms with van der Waals surface area (Å²) in [6.45, 7) is 10.9. The Morgan fingerprint density at radius 3 is 2.31 bits per heavy atom. The highest BCUT2D eigenvalue weighted by molar-refractivity contribution is 6.00. The van der Waals surface area contributed by atoms with Gasteiger partial charge < -0.3 is 4.74 Å². The lowest BCUT2D eigenvalue weighted by molar-refractivity contribution is 0.0523. The minimum Gasteiger partial charge on any atom is -0.462 e. The van der Waals surface area contributed by atoms with E-state index in [-0.39, 0.29) is 23.6 Å². The molecule has 0 amide bonds. The lowest BCUT2D eigenvalue weighted by atomic mass is 9.88. The van der Waals surface area contributed by atoms with Gasteiger partial charge in [-0.3, -0.25) is 9.59 Å². The summed E-state index contributed by atoms with van der Waals surface area (Å²) in [5, 5.41) is 4.23. The van der Waals surface area contributed by atoms with Crippen LogP contribution in [0.25, 0.3) is 5.69 Å². The molecule has 0 aliphatic rings. The first-order valence-corrected chi connectivity index (χ1v) is 8.50. The number of Topliss-reactive ketones (excluding diaryl/α,β-unsaturated/α-hetero) is 1. The van der Waals surface area contributed by atoms with Crippen LogP contribution in [0.3, 0.4) is 0 Å². The fourth-order valence-electron chi connectivity index (χ4n) is 2.38. The number of ketones is 1. The third kappa shape index (κ3) is 3.90. The average Bonchev–Trinajstić information content (AvgIpc) is 2.56. The summed E-state index contributed by atoms with van der Waals surface area (Å²) >= 11 is 0. The standard InChI is InChI=1S/C20H24N2O4/c1-7-26-19(25)15-11-16(17(23)20(4,5)6)21-22(18(15)24)14-9-8-12(2)13(3)10-14/h8-11H,7H2,1-6H3. The molecule has 0 bridgehead atoms. The summed E-state index contributed by atoms with van der Waals surface area (Å²) in [4.78, 5) is 37.7. The van der Waals surface area contributed by atoms with Crippen LogP contribution in [0.1, 0.15) is 59.7 Å². The zero-order valence-corrected chi connectivity index (χ0v) is 16.0. The van der Waals surface area contributed by atoms with Crippen molar-refractivity contribution < 1.29 is 14.3 Å². The number of aryl methyl sites for hydroxylation is 2. The molecule has 2 aromatic rings. The molecule has 0 fully saturated rings. The number of benzene rings is 1. The summed E-state index contributed by atoms with van der Waals surface area (Å²) in [6, 6.07) is 6.62. The molecule has 0 N–H and O–H groups in total. The van der Waals surface area contributed by atoms with Crippen molar-refractivity contribution in [2.75, 3.05) is 6.61 Å². The van der Waals surface area contributed by atoms with Crippen LogP contribution in [-0.4, -0.2) is 28.1 Å². The van der Waals surface area contributed by atoms with Crippen LogP contribution in [0.15, 0.2) is 29.1 Å². The monoisotopic (exact) mass is 356 g/mol. The van der Waals surface area contributed by atoms with Crippen molar-refractivity contribution in [3.8, 4) is 5.69 Å². The predicted molar refractivity (Wildman–Crippen MR) is 99.1 cm³/mol. The van der Waals surface area contributed by atoms with Crippen LogP contribution in [0.4, 0.5) is 0 Å². The molecule has 26 heavy (non-hydrogen) atoms. The van der Waals surface area contributed by atoms with E-state index in [1.165, 1.54) is 6.07 Å². The number of hydrogen-bond acceptors (Lipinski definition) is 5. The predicted octanol–water partition coefficient (Wildman–Crippen LogP) is 3.25. The highest BCUT2D eigenvalue weighted by Gasteiger charge is 2.28. The first kappa shape index (κ1) is 19.6. The molecule has 0 aliphatic heterocycles. The molecule has 0 radical (unpaired) electrons. The minimum atomic E-state index is -0.763. The molecule has 0 aliphatic carbocycles. The molecule has 1 heterocycles. The fourth-order valence-corrected chi connectivity index (χ4v) is 2.38. The van der Waals surface area contributed by atoms with Crippen molar-refractivity contribution in [3.05, 3.63) is 57.0 Å². The topological polar surface area (TPSA) is 78.3 Å². The van der Waals surface area contributed by atoms with E-state index in [1.54, 1.807) is 39.8 Å². The van der Waals surface area contributed by atoms with Crippen molar-refractivity contribution in [1.82, 2.24) is 9.78 Å². The number of ether oxygens (including phenoxy) is 1. The Balaban J connectivity index is 2.75. The number of carbonyl (C=O) groups is 2. The second kappa shape index (κ2) is 7.23. The largest absolute Gasteiger partial charge is 0.462 e. The number of carbonyl (C=O) groups excluding carboxylic acids is 2. The van der Waals surface area contributed by atoms with Gasteiger partial charge in [0.15, 0.2) is 5.78 Å². The van der Waals surface area contributed by atoms with Gasteiger partial charge in [0.25, 0.3) is 5.56 Å². The van der Waals surface area contributed by atoms with E-state index in [0.29, 0.717) is 5.69 Å². The molecule has 1 aromatic heterocycles. The van der Waals surface area contributed by atoms with Gasteiger partial charge in [-0.05, 0) is 50.1 Å². The summed E-state index contributed by atoms with van der Waals surface area (Å²) in [7, 11) is 0. The van der Waals surface area contributed by atoms with Gasteiger partial charge >= 0.3 is 5.97 Å². The second-order valence-corrected chi connectivity index (χ2v) is 7.23. The number of hydrogen-bond donors (Lipinski definition) is 0. The van der Waals surface area contributed by atoms with Crippen LogP contribution in [0.5, 0.6) is 0 Å². The van der Waals surface area contributed by atoms with Gasteiger partial charge in [0, 0.05) is 5.41 Å². The van der Waals surface area contributed by atoms with Crippen molar-refractivity contribution in [2.24, 2.45) is 5.41 Å². The molecule has 2 rings (SSSR count). The normalized spacial score (nSPS) is 11.3. The molecule has 6 nitrogen and oxygen atoms in total. The van der Waals surface area contributed by atoms with Crippen molar-refractivity contribution >= 4 is 11.8 Å². The van der Waals surface area contributed by atoms with Crippen molar-refractivity contribution in [2.45, 2.75) is 41.5 Å². The van der Waals surface area contributed by atoms with Gasteiger partial charge in [0.1, 0.15) is 11.3 Å². The van der Waals surface area contributed by atoms with Gasteiger partial charge in [-0.2, -0.15) is 9.78 Å². The molecule has 6 heteroatoms. The maximum absolute atomic E-state index is 12.8. The zero-order valence-electron chi connectivity index (χ0n) is 16.0. The first-order chi connectivity index (χ1) is 12.1.